The van der Waals surface area contributed by atoms with E-state index in [1.165, 1.54) is 0 Å². The van der Waals surface area contributed by atoms with E-state index in [2.05, 4.69) is 11.8 Å². The van der Waals surface area contributed by atoms with Gasteiger partial charge in [-0.2, -0.15) is 0 Å². The molecular formula is C18H18O2. The van der Waals surface area contributed by atoms with Crippen LogP contribution in [0.1, 0.15) is 48.3 Å². The molecule has 2 aromatic rings. The third-order valence-electron chi connectivity index (χ3n) is 3.11. The van der Waals surface area contributed by atoms with E-state index in [0.717, 1.165) is 22.3 Å². The molecule has 2 N–H and O–H groups in total. The van der Waals surface area contributed by atoms with Gasteiger partial charge in [0.1, 0.15) is 0 Å². The fourth-order valence-electron chi connectivity index (χ4n) is 1.87. The Balaban J connectivity index is 2.20. The van der Waals surface area contributed by atoms with Gasteiger partial charge in [-0.25, -0.2) is 0 Å². The Morgan fingerprint density at radius 3 is 1.95 bits per heavy atom. The summed E-state index contributed by atoms with van der Waals surface area (Å²) in [4.78, 5) is 0. The standard InChI is InChI=1S/C18H18O2/c1-13(19)17-10-8-15(9-11-17)6-7-16-4-3-5-18(12-16)14(2)20/h3-5,8-14,19-20H,1-2H3/t13-,14+/m1/s1. The molecule has 0 aliphatic carbocycles. The first-order valence-electron chi connectivity index (χ1n) is 6.64. The third-order valence-corrected chi connectivity index (χ3v) is 3.11. The summed E-state index contributed by atoms with van der Waals surface area (Å²) in [5.74, 6) is 6.16. The van der Waals surface area contributed by atoms with E-state index in [0.29, 0.717) is 0 Å². The molecule has 0 radical (unpaired) electrons. The summed E-state index contributed by atoms with van der Waals surface area (Å²) >= 11 is 0. The van der Waals surface area contributed by atoms with Crippen LogP contribution in [0.4, 0.5) is 0 Å². The van der Waals surface area contributed by atoms with Crippen LogP contribution in [0.5, 0.6) is 0 Å². The topological polar surface area (TPSA) is 40.5 Å². The zero-order chi connectivity index (χ0) is 14.5. The summed E-state index contributed by atoms with van der Waals surface area (Å²) in [5, 5.41) is 19.0. The molecule has 2 nitrogen and oxygen atoms in total. The average molecular weight is 266 g/mol. The van der Waals surface area contributed by atoms with Gasteiger partial charge in [-0.3, -0.25) is 0 Å². The number of hydrogen-bond acceptors (Lipinski definition) is 2. The van der Waals surface area contributed by atoms with Gasteiger partial charge in [0.2, 0.25) is 0 Å². The zero-order valence-electron chi connectivity index (χ0n) is 11.7. The second-order valence-corrected chi connectivity index (χ2v) is 4.85. The van der Waals surface area contributed by atoms with E-state index < -0.39 is 12.2 Å². The summed E-state index contributed by atoms with van der Waals surface area (Å²) in [6.07, 6.45) is -0.943. The second kappa shape index (κ2) is 6.38. The Morgan fingerprint density at radius 2 is 1.35 bits per heavy atom. The van der Waals surface area contributed by atoms with Crippen molar-refractivity contribution in [1.29, 1.82) is 0 Å². The highest BCUT2D eigenvalue weighted by Gasteiger charge is 2.00. The first kappa shape index (κ1) is 14.3. The van der Waals surface area contributed by atoms with Gasteiger partial charge < -0.3 is 10.2 Å². The monoisotopic (exact) mass is 266 g/mol. The van der Waals surface area contributed by atoms with Gasteiger partial charge in [0.25, 0.3) is 0 Å². The van der Waals surface area contributed by atoms with E-state index in [1.807, 2.05) is 48.5 Å². The maximum atomic E-state index is 9.54. The van der Waals surface area contributed by atoms with Crippen LogP contribution in [0.25, 0.3) is 0 Å². The van der Waals surface area contributed by atoms with Crippen molar-refractivity contribution in [1.82, 2.24) is 0 Å². The van der Waals surface area contributed by atoms with E-state index in [9.17, 15) is 10.2 Å². The lowest BCUT2D eigenvalue weighted by atomic mass is 10.1. The molecule has 2 heteroatoms. The Kier molecular flexibility index (Phi) is 4.57. The molecule has 0 spiro atoms. The molecule has 2 rings (SSSR count). The van der Waals surface area contributed by atoms with Gasteiger partial charge in [-0.15, -0.1) is 0 Å². The van der Waals surface area contributed by atoms with Gasteiger partial charge in [-0.1, -0.05) is 36.1 Å². The van der Waals surface area contributed by atoms with Crippen molar-refractivity contribution < 1.29 is 10.2 Å². The Bertz CT molecular complexity index is 628. The minimum Gasteiger partial charge on any atom is -0.389 e. The molecule has 0 amide bonds. The van der Waals surface area contributed by atoms with Crippen LogP contribution < -0.4 is 0 Å². The molecule has 0 fully saturated rings. The minimum absolute atomic E-state index is 0.459. The maximum absolute atomic E-state index is 9.54. The van der Waals surface area contributed by atoms with Gasteiger partial charge in [-0.05, 0) is 49.2 Å². The fraction of sp³-hybridized carbons (Fsp3) is 0.222. The largest absolute Gasteiger partial charge is 0.389 e. The summed E-state index contributed by atoms with van der Waals surface area (Å²) in [5.41, 5.74) is 3.52. The van der Waals surface area contributed by atoms with Crippen LogP contribution in [0, 0.1) is 11.8 Å². The quantitative estimate of drug-likeness (QED) is 0.820. The molecule has 0 unspecified atom stereocenters. The lowest BCUT2D eigenvalue weighted by molar-refractivity contribution is 0.199. The number of benzene rings is 2. The lowest BCUT2D eigenvalue weighted by Gasteiger charge is -2.04. The van der Waals surface area contributed by atoms with E-state index >= 15 is 0 Å². The molecular weight excluding hydrogens is 248 g/mol. The highest BCUT2D eigenvalue weighted by molar-refractivity contribution is 5.44. The number of aliphatic hydroxyl groups is 2. The number of hydrogen-bond donors (Lipinski definition) is 2. The summed E-state index contributed by atoms with van der Waals surface area (Å²) in [6.45, 7) is 3.48. The Morgan fingerprint density at radius 1 is 0.750 bits per heavy atom. The zero-order valence-corrected chi connectivity index (χ0v) is 11.7. The summed E-state index contributed by atoms with van der Waals surface area (Å²) < 4.78 is 0. The van der Waals surface area contributed by atoms with Gasteiger partial charge in [0.15, 0.2) is 0 Å². The van der Waals surface area contributed by atoms with Crippen molar-refractivity contribution in [2.75, 3.05) is 0 Å². The van der Waals surface area contributed by atoms with Crippen LogP contribution in [-0.2, 0) is 0 Å². The van der Waals surface area contributed by atoms with Crippen molar-refractivity contribution >= 4 is 0 Å². The highest BCUT2D eigenvalue weighted by Crippen LogP contribution is 2.14. The van der Waals surface area contributed by atoms with Crippen molar-refractivity contribution in [2.24, 2.45) is 0 Å². The van der Waals surface area contributed by atoms with E-state index in [4.69, 9.17) is 0 Å². The van der Waals surface area contributed by atoms with Crippen LogP contribution in [-0.4, -0.2) is 10.2 Å². The van der Waals surface area contributed by atoms with Crippen LogP contribution >= 0.6 is 0 Å². The number of aliphatic hydroxyl groups excluding tert-OH is 2. The summed E-state index contributed by atoms with van der Waals surface area (Å²) in [7, 11) is 0. The van der Waals surface area contributed by atoms with Crippen molar-refractivity contribution in [2.45, 2.75) is 26.1 Å². The second-order valence-electron chi connectivity index (χ2n) is 4.85. The Hall–Kier alpha value is -2.08. The maximum Gasteiger partial charge on any atom is 0.0762 e. The molecule has 102 valence electrons. The number of rotatable bonds is 2. The fourth-order valence-corrected chi connectivity index (χ4v) is 1.87. The molecule has 0 bridgehead atoms. The van der Waals surface area contributed by atoms with Gasteiger partial charge >= 0.3 is 0 Å². The molecule has 20 heavy (non-hydrogen) atoms. The van der Waals surface area contributed by atoms with E-state index in [-0.39, 0.29) is 0 Å². The molecule has 0 aliphatic heterocycles. The van der Waals surface area contributed by atoms with Gasteiger partial charge in [0.05, 0.1) is 12.2 Å². The van der Waals surface area contributed by atoms with Crippen molar-refractivity contribution in [3.8, 4) is 11.8 Å². The predicted octanol–water partition coefficient (Wildman–Crippen LogP) is 3.19. The highest BCUT2D eigenvalue weighted by atomic mass is 16.3. The molecule has 0 saturated heterocycles. The first-order chi connectivity index (χ1) is 9.56. The first-order valence-corrected chi connectivity index (χ1v) is 6.64. The van der Waals surface area contributed by atoms with Crippen LogP contribution in [0.15, 0.2) is 48.5 Å². The molecule has 0 saturated carbocycles. The molecule has 2 atom stereocenters. The Labute approximate surface area is 119 Å². The predicted molar refractivity (Wildman–Crippen MR) is 80.1 cm³/mol. The summed E-state index contributed by atoms with van der Waals surface area (Å²) in [6, 6.07) is 15.1. The van der Waals surface area contributed by atoms with Crippen molar-refractivity contribution in [3.05, 3.63) is 70.8 Å². The average Bonchev–Trinajstić information content (AvgIpc) is 2.46. The molecule has 0 aliphatic rings. The van der Waals surface area contributed by atoms with Crippen LogP contribution in [0.3, 0.4) is 0 Å². The minimum atomic E-state index is -0.484. The molecule has 0 heterocycles. The third kappa shape index (κ3) is 3.71. The smallest absolute Gasteiger partial charge is 0.0762 e. The van der Waals surface area contributed by atoms with E-state index in [1.54, 1.807) is 13.8 Å². The van der Waals surface area contributed by atoms with Crippen LogP contribution in [0.2, 0.25) is 0 Å². The SMILES string of the molecule is C[C@H](O)c1cccc(C#Cc2ccc([C@@H](C)O)cc2)c1. The molecule has 2 aromatic carbocycles. The normalized spacial score (nSPS) is 13.2. The van der Waals surface area contributed by atoms with Crippen molar-refractivity contribution in [3.63, 3.8) is 0 Å². The molecule has 0 aromatic heterocycles. The lowest BCUT2D eigenvalue weighted by Crippen LogP contribution is -1.91. The van der Waals surface area contributed by atoms with Gasteiger partial charge in [0, 0.05) is 11.1 Å².